The predicted octanol–water partition coefficient (Wildman–Crippen LogP) is -5.90. The van der Waals surface area contributed by atoms with E-state index in [0.717, 1.165) is 0 Å². The molecular formula is C12H16N20O14. The van der Waals surface area contributed by atoms with Crippen molar-refractivity contribution in [1.29, 1.82) is 0 Å². The van der Waals surface area contributed by atoms with Gasteiger partial charge in [-0.1, -0.05) is 0 Å². The second kappa shape index (κ2) is 13.5. The summed E-state index contributed by atoms with van der Waals surface area (Å²) in [5, 5.41) is 67.0. The summed E-state index contributed by atoms with van der Waals surface area (Å²) in [7, 11) is 0. The Bertz CT molecular complexity index is 1450. The highest BCUT2D eigenvalue weighted by atomic mass is 16.6. The van der Waals surface area contributed by atoms with Crippen molar-refractivity contribution in [2.45, 2.75) is 0 Å². The molecule has 0 spiro atoms. The van der Waals surface area contributed by atoms with Gasteiger partial charge in [0.05, 0.1) is 0 Å². The zero-order chi connectivity index (χ0) is 36.1. The van der Waals surface area contributed by atoms with E-state index >= 15 is 0 Å². The Morgan fingerprint density at radius 3 is 0.739 bits per heavy atom. The molecule has 2 aromatic heterocycles. The average Bonchev–Trinajstić information content (AvgIpc) is 2.94. The van der Waals surface area contributed by atoms with Crippen molar-refractivity contribution >= 4 is 70.7 Å². The van der Waals surface area contributed by atoms with E-state index in [2.05, 4.69) is 9.97 Å². The molecule has 0 atom stereocenters. The van der Waals surface area contributed by atoms with E-state index in [0.29, 0.717) is 0 Å². The number of nitro groups is 4. The maximum Gasteiger partial charge on any atom is 0.444 e. The number of anilines is 4. The highest BCUT2D eigenvalue weighted by Crippen LogP contribution is 2.30. The maximum absolute atomic E-state index is 12.1. The average molecular weight is 664 g/mol. The molecule has 0 unspecified atom stereocenters. The largest absolute Gasteiger partial charge is 0.739 e. The van der Waals surface area contributed by atoms with E-state index in [9.17, 15) is 70.0 Å². The van der Waals surface area contributed by atoms with E-state index in [-0.39, 0.29) is 20.0 Å². The molecule has 16 N–H and O–H groups in total. The molecule has 0 bridgehead atoms. The van der Waals surface area contributed by atoms with Crippen molar-refractivity contribution < 1.29 is 48.3 Å². The first kappa shape index (κ1) is 36.3. The summed E-state index contributed by atoms with van der Waals surface area (Å²) in [6.07, 6.45) is 0. The number of carbonyl (C=O) groups is 4. The fraction of sp³-hybridized carbons (Fsp3) is 0. The zero-order valence-electron chi connectivity index (χ0n) is 21.7. The van der Waals surface area contributed by atoms with Crippen molar-refractivity contribution in [1.82, 2.24) is 9.97 Å². The lowest BCUT2D eigenvalue weighted by Crippen LogP contribution is -2.54. The van der Waals surface area contributed by atoms with E-state index in [1.54, 1.807) is 0 Å². The Hall–Kier alpha value is -7.72. The lowest BCUT2D eigenvalue weighted by Gasteiger charge is -2.19. The molecule has 248 valence electrons. The summed E-state index contributed by atoms with van der Waals surface area (Å²) < 4.78 is -1.28. The third-order valence-corrected chi connectivity index (χ3v) is 4.55. The molecule has 0 aromatic carbocycles. The van der Waals surface area contributed by atoms with E-state index in [1.807, 2.05) is 0 Å². The molecule has 0 radical (unpaired) electrons. The lowest BCUT2D eigenvalue weighted by atomic mass is 10.5. The molecule has 0 aliphatic carbocycles. The minimum Gasteiger partial charge on any atom is -0.739 e. The molecule has 34 heteroatoms. The Kier molecular flexibility index (Phi) is 10.7. The number of aromatic nitrogens is 4. The third-order valence-electron chi connectivity index (χ3n) is 4.55. The standard InChI is InChI=1S/2C6H8N10O7/c2*7-5(17)12(9)3-1(15(20)21)11-2(16(22)23)4(14(3)19)13(10)6(8)18/h2*9-10H2,(H2,7,17)(H2,8,18). The van der Waals surface area contributed by atoms with Gasteiger partial charge in [-0.15, -0.1) is 20.0 Å². The topological polar surface area (TPSA) is 542 Å². The first-order valence-corrected chi connectivity index (χ1v) is 10.3. The molecule has 0 saturated carbocycles. The van der Waals surface area contributed by atoms with Crippen LogP contribution in [0.1, 0.15) is 0 Å². The van der Waals surface area contributed by atoms with Crippen molar-refractivity contribution in [3.05, 3.63) is 50.9 Å². The monoisotopic (exact) mass is 664 g/mol. The van der Waals surface area contributed by atoms with Gasteiger partial charge < -0.3 is 73.8 Å². The van der Waals surface area contributed by atoms with Crippen LogP contribution in [0, 0.1) is 50.9 Å². The lowest BCUT2D eigenvalue weighted by molar-refractivity contribution is -0.588. The smallest absolute Gasteiger partial charge is 0.444 e. The van der Waals surface area contributed by atoms with Crippen LogP contribution in [0.15, 0.2) is 0 Å². The Balaban J connectivity index is 0.000000460. The minimum absolute atomic E-state index is 0.208. The van der Waals surface area contributed by atoms with Gasteiger partial charge in [0.15, 0.2) is 0 Å². The molecule has 46 heavy (non-hydrogen) atoms. The number of rotatable bonds is 8. The predicted molar refractivity (Wildman–Crippen MR) is 138 cm³/mol. The van der Waals surface area contributed by atoms with Crippen molar-refractivity contribution in [3.63, 3.8) is 0 Å². The molecule has 2 aromatic rings. The Labute approximate surface area is 247 Å². The van der Waals surface area contributed by atoms with Crippen LogP contribution in [0.3, 0.4) is 0 Å². The van der Waals surface area contributed by atoms with Gasteiger partial charge in [-0.05, 0) is 19.7 Å². The zero-order valence-corrected chi connectivity index (χ0v) is 21.7. The Morgan fingerprint density at radius 1 is 0.478 bits per heavy atom. The summed E-state index contributed by atoms with van der Waals surface area (Å²) >= 11 is 0. The van der Waals surface area contributed by atoms with Crippen LogP contribution in [-0.2, 0) is 0 Å². The number of urea groups is 4. The van der Waals surface area contributed by atoms with Crippen molar-refractivity contribution in [2.75, 3.05) is 20.0 Å². The van der Waals surface area contributed by atoms with Crippen LogP contribution >= 0.6 is 0 Å². The number of carbonyl (C=O) groups excluding carboxylic acids is 4. The maximum atomic E-state index is 12.1. The van der Waals surface area contributed by atoms with Gasteiger partial charge in [-0.25, -0.2) is 28.6 Å². The Morgan fingerprint density at radius 2 is 0.630 bits per heavy atom. The number of amides is 8. The fourth-order valence-electron chi connectivity index (χ4n) is 2.69. The van der Waals surface area contributed by atoms with Gasteiger partial charge >= 0.3 is 70.7 Å². The third kappa shape index (κ3) is 7.01. The summed E-state index contributed by atoms with van der Waals surface area (Å²) in [4.78, 5) is 88.2. The van der Waals surface area contributed by atoms with Gasteiger partial charge in [0.1, 0.15) is 0 Å². The van der Waals surface area contributed by atoms with E-state index in [4.69, 9.17) is 46.3 Å². The molecule has 0 saturated heterocycles. The molecule has 0 aliphatic rings. The molecule has 0 fully saturated rings. The summed E-state index contributed by atoms with van der Waals surface area (Å²) in [6, 6.07) is -6.16. The van der Waals surface area contributed by atoms with Gasteiger partial charge in [-0.2, -0.15) is 23.4 Å². The van der Waals surface area contributed by atoms with E-state index in [1.165, 1.54) is 0 Å². The first-order chi connectivity index (χ1) is 21.0. The van der Waals surface area contributed by atoms with Crippen molar-refractivity contribution in [3.8, 4) is 0 Å². The summed E-state index contributed by atoms with van der Waals surface area (Å²) in [5.41, 5.74) is 19.1. The second-order valence-electron chi connectivity index (χ2n) is 7.26. The number of nitrogens with two attached hydrogens (primary N) is 8. The summed E-state index contributed by atoms with van der Waals surface area (Å²) in [5.74, 6) is 9.20. The van der Waals surface area contributed by atoms with Gasteiger partial charge in [0, 0.05) is 9.97 Å². The molecular weight excluding hydrogens is 648 g/mol. The molecule has 2 rings (SSSR count). The molecule has 2 heterocycles. The molecule has 0 aliphatic heterocycles. The first-order valence-electron chi connectivity index (χ1n) is 10.3. The molecule has 34 nitrogen and oxygen atoms in total. The number of hydrazine groups is 4. The number of primary amides is 4. The van der Waals surface area contributed by atoms with Gasteiger partial charge in [0.25, 0.3) is 0 Å². The SMILES string of the molecule is NC(=O)N(N)c1c([N+](=O)[O-])nc([N+](=O)[O-])c(N(N)C(N)=O)[n+]1[O-].NC(=O)N(N)c1c([N+](=O)[O-])nc([N+](=O)[O-])c(N(N)C(N)=O)[n+]1[O-]. The summed E-state index contributed by atoms with van der Waals surface area (Å²) in [6.45, 7) is 0. The fourth-order valence-corrected chi connectivity index (χ4v) is 2.69. The van der Waals surface area contributed by atoms with Gasteiger partial charge in [-0.3, -0.25) is 0 Å². The van der Waals surface area contributed by atoms with Crippen LogP contribution in [0.2, 0.25) is 0 Å². The van der Waals surface area contributed by atoms with E-state index < -0.39 is 99.8 Å². The normalized spacial score (nSPS) is 10.0. The molecule has 8 amide bonds. The number of nitrogens with zero attached hydrogens (tertiary/aromatic N) is 12. The van der Waals surface area contributed by atoms with Crippen LogP contribution in [0.25, 0.3) is 0 Å². The van der Waals surface area contributed by atoms with Crippen LogP contribution < -0.4 is 75.8 Å². The minimum atomic E-state index is -1.54. The second-order valence-corrected chi connectivity index (χ2v) is 7.26. The van der Waals surface area contributed by atoms with Gasteiger partial charge in [0.2, 0.25) is 0 Å². The number of hydrogen-bond acceptors (Lipinski definition) is 20. The van der Waals surface area contributed by atoms with Crippen LogP contribution in [0.4, 0.5) is 65.7 Å². The van der Waals surface area contributed by atoms with Crippen molar-refractivity contribution in [2.24, 2.45) is 46.3 Å². The number of hydrogen-bond donors (Lipinski definition) is 8. The highest BCUT2D eigenvalue weighted by molar-refractivity contribution is 5.92. The van der Waals surface area contributed by atoms with Crippen LogP contribution in [-0.4, -0.2) is 53.8 Å². The van der Waals surface area contributed by atoms with Crippen LogP contribution in [0.5, 0.6) is 0 Å². The highest BCUT2D eigenvalue weighted by Gasteiger charge is 2.43. The quantitative estimate of drug-likeness (QED) is 0.0325.